The first-order valence-electron chi connectivity index (χ1n) is 7.58. The van der Waals surface area contributed by atoms with Gasteiger partial charge in [-0.15, -0.1) is 5.10 Å². The minimum atomic E-state index is 0.0645. The number of hydrogen-bond acceptors (Lipinski definition) is 5. The number of nitrogens with one attached hydrogen (secondary N) is 2. The number of H-pyrrole nitrogens is 1. The number of piperidine rings is 1. The van der Waals surface area contributed by atoms with Gasteiger partial charge in [-0.05, 0) is 43.0 Å². The summed E-state index contributed by atoms with van der Waals surface area (Å²) < 4.78 is 0.996. The first-order valence-corrected chi connectivity index (χ1v) is 8.37. The molecule has 0 bridgehead atoms. The monoisotopic (exact) mass is 378 g/mol. The van der Waals surface area contributed by atoms with Gasteiger partial charge in [-0.1, -0.05) is 15.9 Å². The van der Waals surface area contributed by atoms with E-state index in [4.69, 9.17) is 5.73 Å². The Hall–Kier alpha value is -2.09. The molecule has 23 heavy (non-hydrogen) atoms. The van der Waals surface area contributed by atoms with Crippen LogP contribution in [0.1, 0.15) is 19.3 Å². The van der Waals surface area contributed by atoms with Crippen molar-refractivity contribution in [2.24, 2.45) is 5.92 Å². The van der Waals surface area contributed by atoms with Gasteiger partial charge in [-0.2, -0.15) is 4.98 Å². The van der Waals surface area contributed by atoms with Crippen LogP contribution < -0.4 is 16.0 Å². The van der Waals surface area contributed by atoms with Crippen molar-refractivity contribution < 1.29 is 4.79 Å². The fraction of sp³-hybridized carbons (Fsp3) is 0.400. The first kappa shape index (κ1) is 15.8. The molecular weight excluding hydrogens is 360 g/mol. The van der Waals surface area contributed by atoms with E-state index in [2.05, 4.69) is 41.3 Å². The molecule has 1 aliphatic rings. The summed E-state index contributed by atoms with van der Waals surface area (Å²) in [4.78, 5) is 18.4. The van der Waals surface area contributed by atoms with Crippen LogP contribution in [0.15, 0.2) is 28.7 Å². The molecule has 0 saturated carbocycles. The minimum absolute atomic E-state index is 0.0645. The average molecular weight is 379 g/mol. The molecule has 1 aliphatic heterocycles. The van der Waals surface area contributed by atoms with Gasteiger partial charge in [0, 0.05) is 29.7 Å². The normalized spacial score (nSPS) is 15.6. The zero-order valence-electron chi connectivity index (χ0n) is 12.6. The molecular formula is C15H19BrN6O. The Labute approximate surface area is 142 Å². The molecule has 3 rings (SSSR count). The maximum Gasteiger partial charge on any atom is 0.241 e. The number of amides is 1. The van der Waals surface area contributed by atoms with Gasteiger partial charge in [0.15, 0.2) is 0 Å². The molecule has 0 radical (unpaired) electrons. The van der Waals surface area contributed by atoms with Crippen molar-refractivity contribution in [1.29, 1.82) is 0 Å². The van der Waals surface area contributed by atoms with Crippen LogP contribution >= 0.6 is 15.9 Å². The van der Waals surface area contributed by atoms with Gasteiger partial charge in [0.25, 0.3) is 0 Å². The van der Waals surface area contributed by atoms with E-state index in [0.717, 1.165) is 36.1 Å². The number of anilines is 3. The molecule has 0 spiro atoms. The third kappa shape index (κ3) is 4.22. The maximum absolute atomic E-state index is 12.1. The number of nitrogens with zero attached hydrogens (tertiary/aromatic N) is 3. The highest BCUT2D eigenvalue weighted by molar-refractivity contribution is 9.10. The van der Waals surface area contributed by atoms with E-state index in [-0.39, 0.29) is 11.9 Å². The summed E-state index contributed by atoms with van der Waals surface area (Å²) >= 11 is 3.38. The molecule has 1 saturated heterocycles. The smallest absolute Gasteiger partial charge is 0.241 e. The van der Waals surface area contributed by atoms with Crippen LogP contribution in [0.25, 0.3) is 0 Å². The molecule has 1 amide bonds. The molecule has 1 fully saturated rings. The molecule has 0 atom stereocenters. The van der Waals surface area contributed by atoms with E-state index in [9.17, 15) is 4.79 Å². The lowest BCUT2D eigenvalue weighted by molar-refractivity contribution is -0.117. The molecule has 7 nitrogen and oxygen atoms in total. The second kappa shape index (κ2) is 6.99. The number of nitrogens with two attached hydrogens (primary N) is 1. The summed E-state index contributed by atoms with van der Waals surface area (Å²) in [5.41, 5.74) is 6.35. The van der Waals surface area contributed by atoms with E-state index in [1.54, 1.807) is 0 Å². The zero-order chi connectivity index (χ0) is 16.2. The highest BCUT2D eigenvalue weighted by atomic mass is 79.9. The lowest BCUT2D eigenvalue weighted by atomic mass is 9.93. The zero-order valence-corrected chi connectivity index (χ0v) is 14.2. The molecule has 122 valence electrons. The van der Waals surface area contributed by atoms with Crippen molar-refractivity contribution in [3.8, 4) is 0 Å². The number of carbonyl (C=O) groups excluding carboxylic acids is 1. The first-order chi connectivity index (χ1) is 11.1. The number of nitrogen functional groups attached to an aromatic ring is 1. The Morgan fingerprint density at radius 3 is 2.65 bits per heavy atom. The molecule has 1 aromatic heterocycles. The van der Waals surface area contributed by atoms with E-state index < -0.39 is 0 Å². The SMILES string of the molecule is Nc1n[nH]c(N2CCC(CC(=O)Nc3ccc(Br)cc3)CC2)n1. The topological polar surface area (TPSA) is 99.9 Å². The Kier molecular flexibility index (Phi) is 4.80. The highest BCUT2D eigenvalue weighted by Gasteiger charge is 2.23. The third-order valence-electron chi connectivity index (χ3n) is 4.01. The second-order valence-electron chi connectivity index (χ2n) is 5.71. The number of aromatic nitrogens is 3. The van der Waals surface area contributed by atoms with Gasteiger partial charge in [-0.3, -0.25) is 4.79 Å². The molecule has 1 aromatic carbocycles. The molecule has 2 heterocycles. The summed E-state index contributed by atoms with van der Waals surface area (Å²) in [6, 6.07) is 7.60. The van der Waals surface area contributed by atoms with Crippen LogP contribution in [-0.4, -0.2) is 34.2 Å². The predicted octanol–water partition coefficient (Wildman–Crippen LogP) is 2.39. The van der Waals surface area contributed by atoms with Crippen molar-refractivity contribution in [2.45, 2.75) is 19.3 Å². The number of carbonyl (C=O) groups is 1. The second-order valence-corrected chi connectivity index (χ2v) is 6.62. The van der Waals surface area contributed by atoms with Gasteiger partial charge in [0.2, 0.25) is 17.8 Å². The third-order valence-corrected chi connectivity index (χ3v) is 4.54. The van der Waals surface area contributed by atoms with E-state index in [1.165, 1.54) is 0 Å². The predicted molar refractivity (Wildman–Crippen MR) is 93.1 cm³/mol. The van der Waals surface area contributed by atoms with Gasteiger partial charge >= 0.3 is 0 Å². The summed E-state index contributed by atoms with van der Waals surface area (Å²) in [5.74, 6) is 1.42. The minimum Gasteiger partial charge on any atom is -0.366 e. The van der Waals surface area contributed by atoms with Crippen LogP contribution in [-0.2, 0) is 4.79 Å². The summed E-state index contributed by atoms with van der Waals surface area (Å²) in [6.07, 6.45) is 2.45. The Morgan fingerprint density at radius 2 is 2.04 bits per heavy atom. The molecule has 0 aliphatic carbocycles. The van der Waals surface area contributed by atoms with Crippen molar-refractivity contribution >= 4 is 39.4 Å². The van der Waals surface area contributed by atoms with Crippen LogP contribution in [0.3, 0.4) is 0 Å². The van der Waals surface area contributed by atoms with Gasteiger partial charge in [0.1, 0.15) is 0 Å². The van der Waals surface area contributed by atoms with Crippen molar-refractivity contribution in [1.82, 2.24) is 15.2 Å². The maximum atomic E-state index is 12.1. The van der Waals surface area contributed by atoms with Crippen molar-refractivity contribution in [2.75, 3.05) is 29.0 Å². The van der Waals surface area contributed by atoms with Gasteiger partial charge in [-0.25, -0.2) is 5.10 Å². The molecule has 4 N–H and O–H groups in total. The molecule has 0 unspecified atom stereocenters. The van der Waals surface area contributed by atoms with Crippen LogP contribution in [0.5, 0.6) is 0 Å². The average Bonchev–Trinajstić information content (AvgIpc) is 2.97. The van der Waals surface area contributed by atoms with Crippen LogP contribution in [0, 0.1) is 5.92 Å². The largest absolute Gasteiger partial charge is 0.366 e. The summed E-state index contributed by atoms with van der Waals surface area (Å²) in [7, 11) is 0. The quantitative estimate of drug-likeness (QED) is 0.758. The lowest BCUT2D eigenvalue weighted by Gasteiger charge is -2.31. The number of rotatable bonds is 4. The fourth-order valence-corrected chi connectivity index (χ4v) is 3.03. The summed E-state index contributed by atoms with van der Waals surface area (Å²) in [5, 5.41) is 9.61. The van der Waals surface area contributed by atoms with Gasteiger partial charge < -0.3 is 16.0 Å². The highest BCUT2D eigenvalue weighted by Crippen LogP contribution is 2.24. The lowest BCUT2D eigenvalue weighted by Crippen LogP contribution is -2.35. The van der Waals surface area contributed by atoms with E-state index in [0.29, 0.717) is 18.3 Å². The van der Waals surface area contributed by atoms with Crippen molar-refractivity contribution in [3.05, 3.63) is 28.7 Å². The Morgan fingerprint density at radius 1 is 1.35 bits per heavy atom. The summed E-state index contributed by atoms with van der Waals surface area (Å²) in [6.45, 7) is 1.70. The van der Waals surface area contributed by atoms with Crippen LogP contribution in [0.2, 0.25) is 0 Å². The number of hydrogen-bond donors (Lipinski definition) is 3. The van der Waals surface area contributed by atoms with E-state index >= 15 is 0 Å². The number of aromatic amines is 1. The molecule has 2 aromatic rings. The molecule has 8 heteroatoms. The Bertz CT molecular complexity index is 663. The number of benzene rings is 1. The Balaban J connectivity index is 1.46. The standard InChI is InChI=1S/C15H19BrN6O/c16-11-1-3-12(4-2-11)18-13(23)9-10-5-7-22(8-6-10)15-19-14(17)20-21-15/h1-4,10H,5-9H2,(H,18,23)(H3,17,19,20,21). The fourth-order valence-electron chi connectivity index (χ4n) is 2.76. The van der Waals surface area contributed by atoms with E-state index in [1.807, 2.05) is 24.3 Å². The van der Waals surface area contributed by atoms with Crippen molar-refractivity contribution in [3.63, 3.8) is 0 Å². The number of halogens is 1. The van der Waals surface area contributed by atoms with Gasteiger partial charge in [0.05, 0.1) is 0 Å². The van der Waals surface area contributed by atoms with Crippen LogP contribution in [0.4, 0.5) is 17.6 Å².